The fourth-order valence-corrected chi connectivity index (χ4v) is 2.19. The molecule has 0 spiro atoms. The maximum Gasteiger partial charge on any atom is 0.274 e. The fourth-order valence-electron chi connectivity index (χ4n) is 2.07. The molecule has 22 heavy (non-hydrogen) atoms. The summed E-state index contributed by atoms with van der Waals surface area (Å²) in [5.41, 5.74) is 1.05. The van der Waals surface area contributed by atoms with E-state index in [-0.39, 0.29) is 17.2 Å². The number of hydrogen-bond acceptors (Lipinski definition) is 3. The minimum atomic E-state index is -0.222. The zero-order valence-electron chi connectivity index (χ0n) is 12.6. The van der Waals surface area contributed by atoms with Gasteiger partial charge in [-0.15, -0.1) is 0 Å². The van der Waals surface area contributed by atoms with Crippen LogP contribution in [0.25, 0.3) is 0 Å². The van der Waals surface area contributed by atoms with Gasteiger partial charge in [0, 0.05) is 31.2 Å². The van der Waals surface area contributed by atoms with E-state index in [1.54, 1.807) is 24.1 Å². The van der Waals surface area contributed by atoms with E-state index in [9.17, 15) is 9.59 Å². The van der Waals surface area contributed by atoms with E-state index < -0.39 is 0 Å². The van der Waals surface area contributed by atoms with Gasteiger partial charge in [0.2, 0.25) is 0 Å². The molecule has 0 unspecified atom stereocenters. The van der Waals surface area contributed by atoms with Crippen LogP contribution >= 0.6 is 11.6 Å². The van der Waals surface area contributed by atoms with E-state index in [0.717, 1.165) is 12.0 Å². The van der Waals surface area contributed by atoms with Gasteiger partial charge in [-0.2, -0.15) is 5.10 Å². The molecule has 0 bridgehead atoms. The van der Waals surface area contributed by atoms with E-state index in [1.807, 2.05) is 19.1 Å². The Morgan fingerprint density at radius 2 is 1.91 bits per heavy atom. The molecule has 0 fully saturated rings. The molecule has 0 aliphatic heterocycles. The standard InChI is InChI=1S/C16H18ClN3O2/c1-3-10-20-15(21)9-8-14(18-20)16(22)19(2)11-12-4-6-13(17)7-5-12/h4-9H,3,10-11H2,1-2H3. The van der Waals surface area contributed by atoms with Gasteiger partial charge in [-0.05, 0) is 30.2 Å². The molecule has 0 atom stereocenters. The Kier molecular flexibility index (Phi) is 5.33. The molecule has 2 aromatic rings. The molecule has 1 aromatic carbocycles. The zero-order chi connectivity index (χ0) is 16.1. The smallest absolute Gasteiger partial charge is 0.274 e. The first kappa shape index (κ1) is 16.2. The molecular weight excluding hydrogens is 302 g/mol. The highest BCUT2D eigenvalue weighted by Crippen LogP contribution is 2.11. The maximum atomic E-state index is 12.4. The fraction of sp³-hybridized carbons (Fsp3) is 0.312. The third-order valence-electron chi connectivity index (χ3n) is 3.20. The van der Waals surface area contributed by atoms with Gasteiger partial charge >= 0.3 is 0 Å². The first-order valence-electron chi connectivity index (χ1n) is 7.09. The van der Waals surface area contributed by atoms with Gasteiger partial charge in [-0.25, -0.2) is 4.68 Å². The topological polar surface area (TPSA) is 55.2 Å². The SMILES string of the molecule is CCCn1nc(C(=O)N(C)Cc2ccc(Cl)cc2)ccc1=O. The van der Waals surface area contributed by atoms with Crippen molar-refractivity contribution in [3.05, 3.63) is 63.0 Å². The highest BCUT2D eigenvalue weighted by Gasteiger charge is 2.15. The summed E-state index contributed by atoms with van der Waals surface area (Å²) in [6.07, 6.45) is 0.783. The van der Waals surface area contributed by atoms with Crippen LogP contribution in [0.3, 0.4) is 0 Å². The molecule has 6 heteroatoms. The predicted molar refractivity (Wildman–Crippen MR) is 86.0 cm³/mol. The monoisotopic (exact) mass is 319 g/mol. The molecule has 0 radical (unpaired) electrons. The van der Waals surface area contributed by atoms with Crippen molar-refractivity contribution < 1.29 is 4.79 Å². The van der Waals surface area contributed by atoms with Crippen LogP contribution in [0.5, 0.6) is 0 Å². The van der Waals surface area contributed by atoms with Crippen molar-refractivity contribution in [2.75, 3.05) is 7.05 Å². The third kappa shape index (κ3) is 3.95. The second-order valence-electron chi connectivity index (χ2n) is 5.07. The van der Waals surface area contributed by atoms with Crippen LogP contribution in [-0.4, -0.2) is 27.6 Å². The Bertz CT molecular complexity index is 710. The molecule has 0 saturated carbocycles. The van der Waals surface area contributed by atoms with Crippen LogP contribution in [0, 0.1) is 0 Å². The third-order valence-corrected chi connectivity index (χ3v) is 3.45. The Morgan fingerprint density at radius 3 is 2.55 bits per heavy atom. The molecule has 1 amide bonds. The van der Waals surface area contributed by atoms with E-state index in [2.05, 4.69) is 5.10 Å². The number of benzene rings is 1. The molecular formula is C16H18ClN3O2. The van der Waals surface area contributed by atoms with Crippen LogP contribution < -0.4 is 5.56 Å². The van der Waals surface area contributed by atoms with Crippen molar-refractivity contribution in [2.45, 2.75) is 26.4 Å². The molecule has 1 aromatic heterocycles. The minimum Gasteiger partial charge on any atom is -0.336 e. The number of carbonyl (C=O) groups excluding carboxylic acids is 1. The maximum absolute atomic E-state index is 12.4. The number of hydrogen-bond donors (Lipinski definition) is 0. The second kappa shape index (κ2) is 7.22. The molecule has 116 valence electrons. The normalized spacial score (nSPS) is 10.5. The van der Waals surface area contributed by atoms with Gasteiger partial charge in [0.05, 0.1) is 0 Å². The summed E-state index contributed by atoms with van der Waals surface area (Å²) in [7, 11) is 1.70. The molecule has 0 aliphatic rings. The van der Waals surface area contributed by atoms with Crippen LogP contribution in [0.15, 0.2) is 41.2 Å². The summed E-state index contributed by atoms with van der Waals surface area (Å²) >= 11 is 5.85. The lowest BCUT2D eigenvalue weighted by molar-refractivity contribution is 0.0776. The van der Waals surface area contributed by atoms with Crippen molar-refractivity contribution in [3.63, 3.8) is 0 Å². The molecule has 0 N–H and O–H groups in total. The van der Waals surface area contributed by atoms with Gasteiger partial charge in [-0.1, -0.05) is 30.7 Å². The summed E-state index contributed by atoms with van der Waals surface area (Å²) < 4.78 is 1.32. The zero-order valence-corrected chi connectivity index (χ0v) is 13.4. The summed E-state index contributed by atoms with van der Waals surface area (Å²) in [6.45, 7) is 2.90. The Labute approximate surface area is 134 Å². The first-order valence-corrected chi connectivity index (χ1v) is 7.47. The molecule has 0 aliphatic carbocycles. The molecule has 0 saturated heterocycles. The molecule has 1 heterocycles. The van der Waals surface area contributed by atoms with Crippen molar-refractivity contribution in [1.29, 1.82) is 0 Å². The van der Waals surface area contributed by atoms with Gasteiger partial charge in [-0.3, -0.25) is 9.59 Å². The summed E-state index contributed by atoms with van der Waals surface area (Å²) in [4.78, 5) is 25.6. The minimum absolute atomic E-state index is 0.196. The van der Waals surface area contributed by atoms with Crippen molar-refractivity contribution >= 4 is 17.5 Å². The van der Waals surface area contributed by atoms with Gasteiger partial charge < -0.3 is 4.90 Å². The van der Waals surface area contributed by atoms with Gasteiger partial charge in [0.15, 0.2) is 0 Å². The van der Waals surface area contributed by atoms with Crippen LogP contribution in [0.4, 0.5) is 0 Å². The number of nitrogens with zero attached hydrogens (tertiary/aromatic N) is 3. The van der Waals surface area contributed by atoms with E-state index >= 15 is 0 Å². The predicted octanol–water partition coefficient (Wildman–Crippen LogP) is 2.58. The van der Waals surface area contributed by atoms with Crippen LogP contribution in [-0.2, 0) is 13.1 Å². The number of aromatic nitrogens is 2. The molecule has 5 nitrogen and oxygen atoms in total. The van der Waals surface area contributed by atoms with Crippen LogP contribution in [0.1, 0.15) is 29.4 Å². The first-order chi connectivity index (χ1) is 10.5. The Hall–Kier alpha value is -2.14. The average Bonchev–Trinajstić information content (AvgIpc) is 2.51. The second-order valence-corrected chi connectivity index (χ2v) is 5.50. The van der Waals surface area contributed by atoms with Gasteiger partial charge in [0.1, 0.15) is 5.69 Å². The van der Waals surface area contributed by atoms with Gasteiger partial charge in [0.25, 0.3) is 11.5 Å². The van der Waals surface area contributed by atoms with Crippen LogP contribution in [0.2, 0.25) is 5.02 Å². The summed E-state index contributed by atoms with van der Waals surface area (Å²) in [5, 5.41) is 4.79. The van der Waals surface area contributed by atoms with Crippen molar-refractivity contribution in [1.82, 2.24) is 14.7 Å². The summed E-state index contributed by atoms with van der Waals surface area (Å²) in [6, 6.07) is 10.2. The van der Waals surface area contributed by atoms with Crippen molar-refractivity contribution in [2.24, 2.45) is 0 Å². The number of carbonyl (C=O) groups is 1. The van der Waals surface area contributed by atoms with E-state index in [4.69, 9.17) is 11.6 Å². The highest BCUT2D eigenvalue weighted by molar-refractivity contribution is 6.30. The lowest BCUT2D eigenvalue weighted by atomic mass is 10.2. The van der Waals surface area contributed by atoms with E-state index in [1.165, 1.54) is 16.8 Å². The lowest BCUT2D eigenvalue weighted by Gasteiger charge is -2.17. The Morgan fingerprint density at radius 1 is 1.23 bits per heavy atom. The molecule has 2 rings (SSSR count). The number of aryl methyl sites for hydroxylation is 1. The number of rotatable bonds is 5. The summed E-state index contributed by atoms with van der Waals surface area (Å²) in [5.74, 6) is -0.222. The highest BCUT2D eigenvalue weighted by atomic mass is 35.5. The lowest BCUT2D eigenvalue weighted by Crippen LogP contribution is -2.30. The van der Waals surface area contributed by atoms with E-state index in [0.29, 0.717) is 18.1 Å². The van der Waals surface area contributed by atoms with Crippen molar-refractivity contribution in [3.8, 4) is 0 Å². The number of halogens is 1. The Balaban J connectivity index is 2.14. The average molecular weight is 320 g/mol. The largest absolute Gasteiger partial charge is 0.336 e. The number of amides is 1. The quantitative estimate of drug-likeness (QED) is 0.851.